The third-order valence-electron chi connectivity index (χ3n) is 3.13. The molecule has 0 spiro atoms. The Morgan fingerprint density at radius 1 is 1.50 bits per heavy atom. The molecule has 1 aromatic rings. The third kappa shape index (κ3) is 3.73. The van der Waals surface area contributed by atoms with E-state index < -0.39 is 12.1 Å². The molecule has 1 unspecified atom stereocenters. The summed E-state index contributed by atoms with van der Waals surface area (Å²) in [6, 6.07) is 3.38. The fourth-order valence-electron chi connectivity index (χ4n) is 2.24. The van der Waals surface area contributed by atoms with Crippen LogP contribution < -0.4 is 15.4 Å². The molecular formula is C12H12F3N5O2. The topological polar surface area (TPSA) is 104 Å². The Kier molecular flexibility index (Phi) is 4.32. The van der Waals surface area contributed by atoms with Gasteiger partial charge in [-0.2, -0.15) is 0 Å². The van der Waals surface area contributed by atoms with Crippen molar-refractivity contribution in [1.82, 2.24) is 0 Å². The average Bonchev–Trinajstić information content (AvgIpc) is 2.78. The number of amides is 1. The lowest BCUT2D eigenvalue weighted by Crippen LogP contribution is -2.26. The zero-order valence-corrected chi connectivity index (χ0v) is 11.2. The van der Waals surface area contributed by atoms with Gasteiger partial charge >= 0.3 is 6.36 Å². The SMILES string of the molecule is [N-]=[N+]=NCC1CC(=O)N(c2cc(OC(F)(F)F)ccc2N)C1. The van der Waals surface area contributed by atoms with Gasteiger partial charge in [-0.3, -0.25) is 4.79 Å². The fourth-order valence-corrected chi connectivity index (χ4v) is 2.24. The Morgan fingerprint density at radius 3 is 2.86 bits per heavy atom. The molecule has 118 valence electrons. The van der Waals surface area contributed by atoms with Gasteiger partial charge in [0, 0.05) is 30.5 Å². The molecule has 1 aliphatic heterocycles. The number of alkyl halides is 3. The number of ether oxygens (including phenoxy) is 1. The standard InChI is InChI=1S/C12H12F3N5O2/c13-12(14,15)22-8-1-2-9(16)10(4-8)20-6-7(3-11(20)21)5-18-19-17/h1-2,4,7H,3,5-6,16H2. The first-order chi connectivity index (χ1) is 10.3. The van der Waals surface area contributed by atoms with Gasteiger partial charge in [0.2, 0.25) is 5.91 Å². The highest BCUT2D eigenvalue weighted by Crippen LogP contribution is 2.34. The van der Waals surface area contributed by atoms with E-state index in [4.69, 9.17) is 11.3 Å². The predicted octanol–water partition coefficient (Wildman–Crippen LogP) is 2.83. The van der Waals surface area contributed by atoms with Crippen molar-refractivity contribution < 1.29 is 22.7 Å². The number of nitrogen functional groups attached to an aromatic ring is 1. The number of anilines is 2. The zero-order valence-electron chi connectivity index (χ0n) is 11.2. The molecule has 1 heterocycles. The number of carbonyl (C=O) groups is 1. The van der Waals surface area contributed by atoms with Crippen molar-refractivity contribution in [3.63, 3.8) is 0 Å². The minimum atomic E-state index is -4.83. The summed E-state index contributed by atoms with van der Waals surface area (Å²) in [7, 11) is 0. The maximum atomic E-state index is 12.2. The molecule has 0 bridgehead atoms. The second kappa shape index (κ2) is 6.02. The first kappa shape index (κ1) is 15.8. The molecule has 2 rings (SSSR count). The number of rotatable bonds is 4. The van der Waals surface area contributed by atoms with E-state index in [0.29, 0.717) is 0 Å². The van der Waals surface area contributed by atoms with Crippen molar-refractivity contribution in [2.24, 2.45) is 11.0 Å². The lowest BCUT2D eigenvalue weighted by molar-refractivity contribution is -0.274. The Bertz CT molecular complexity index is 628. The van der Waals surface area contributed by atoms with Crippen molar-refractivity contribution in [1.29, 1.82) is 0 Å². The van der Waals surface area contributed by atoms with Crippen LogP contribution in [0.4, 0.5) is 24.5 Å². The number of halogens is 3. The molecule has 22 heavy (non-hydrogen) atoms. The second-order valence-electron chi connectivity index (χ2n) is 4.76. The highest BCUT2D eigenvalue weighted by atomic mass is 19.4. The van der Waals surface area contributed by atoms with E-state index in [1.165, 1.54) is 11.0 Å². The normalized spacial score (nSPS) is 18.2. The number of carbonyl (C=O) groups excluding carboxylic acids is 1. The maximum absolute atomic E-state index is 12.2. The summed E-state index contributed by atoms with van der Waals surface area (Å²) in [6.07, 6.45) is -4.69. The summed E-state index contributed by atoms with van der Waals surface area (Å²) in [5, 5.41) is 3.40. The molecule has 10 heteroatoms. The molecule has 7 nitrogen and oxygen atoms in total. The minimum Gasteiger partial charge on any atom is -0.406 e. The molecule has 1 amide bonds. The van der Waals surface area contributed by atoms with Crippen LogP contribution in [0.3, 0.4) is 0 Å². The van der Waals surface area contributed by atoms with Crippen LogP contribution in [0.2, 0.25) is 0 Å². The van der Waals surface area contributed by atoms with Crippen molar-refractivity contribution >= 4 is 17.3 Å². The highest BCUT2D eigenvalue weighted by Gasteiger charge is 2.33. The Hall–Kier alpha value is -2.61. The van der Waals surface area contributed by atoms with Crippen LogP contribution >= 0.6 is 0 Å². The predicted molar refractivity (Wildman–Crippen MR) is 72.0 cm³/mol. The molecule has 1 aromatic carbocycles. The highest BCUT2D eigenvalue weighted by molar-refractivity contribution is 5.98. The number of nitrogens with zero attached hydrogens (tertiary/aromatic N) is 4. The van der Waals surface area contributed by atoms with Crippen LogP contribution in [0.15, 0.2) is 23.3 Å². The maximum Gasteiger partial charge on any atom is 0.573 e. The summed E-state index contributed by atoms with van der Waals surface area (Å²) < 4.78 is 40.6. The number of hydrogen-bond acceptors (Lipinski definition) is 4. The number of azide groups is 1. The molecule has 0 saturated carbocycles. The minimum absolute atomic E-state index is 0.136. The average molecular weight is 315 g/mol. The monoisotopic (exact) mass is 315 g/mol. The molecular weight excluding hydrogens is 303 g/mol. The molecule has 0 aliphatic carbocycles. The largest absolute Gasteiger partial charge is 0.573 e. The second-order valence-corrected chi connectivity index (χ2v) is 4.76. The van der Waals surface area contributed by atoms with Gasteiger partial charge in [0.15, 0.2) is 0 Å². The van der Waals surface area contributed by atoms with E-state index in [9.17, 15) is 18.0 Å². The van der Waals surface area contributed by atoms with E-state index in [1.54, 1.807) is 0 Å². The van der Waals surface area contributed by atoms with Crippen LogP contribution in [-0.2, 0) is 4.79 Å². The number of nitrogens with two attached hydrogens (primary N) is 1. The van der Waals surface area contributed by atoms with E-state index >= 15 is 0 Å². The Morgan fingerprint density at radius 2 is 2.23 bits per heavy atom. The Labute approximate surface area is 123 Å². The van der Waals surface area contributed by atoms with E-state index in [2.05, 4.69) is 14.8 Å². The summed E-state index contributed by atoms with van der Waals surface area (Å²) >= 11 is 0. The molecule has 2 N–H and O–H groups in total. The van der Waals surface area contributed by atoms with Gasteiger partial charge in [0.1, 0.15) is 5.75 Å². The smallest absolute Gasteiger partial charge is 0.406 e. The summed E-state index contributed by atoms with van der Waals surface area (Å²) in [6.45, 7) is 0.356. The van der Waals surface area contributed by atoms with Gasteiger partial charge in [-0.1, -0.05) is 5.11 Å². The van der Waals surface area contributed by atoms with Gasteiger partial charge in [-0.25, -0.2) is 0 Å². The first-order valence-corrected chi connectivity index (χ1v) is 6.26. The van der Waals surface area contributed by atoms with Gasteiger partial charge < -0.3 is 15.4 Å². The number of hydrogen-bond donors (Lipinski definition) is 1. The molecule has 1 atom stereocenters. The molecule has 0 aromatic heterocycles. The number of benzene rings is 1. The molecule has 1 aliphatic rings. The van der Waals surface area contributed by atoms with Crippen molar-refractivity contribution in [2.45, 2.75) is 12.8 Å². The third-order valence-corrected chi connectivity index (χ3v) is 3.13. The van der Waals surface area contributed by atoms with Crippen molar-refractivity contribution in [2.75, 3.05) is 23.7 Å². The Balaban J connectivity index is 2.22. The zero-order chi connectivity index (χ0) is 16.3. The summed E-state index contributed by atoms with van der Waals surface area (Å²) in [4.78, 5) is 15.9. The van der Waals surface area contributed by atoms with Gasteiger partial charge in [-0.05, 0) is 23.6 Å². The quantitative estimate of drug-likeness (QED) is 0.400. The summed E-state index contributed by atoms with van der Waals surface area (Å²) in [5.74, 6) is -0.952. The van der Waals surface area contributed by atoms with Crippen LogP contribution in [-0.4, -0.2) is 25.4 Å². The summed E-state index contributed by atoms with van der Waals surface area (Å²) in [5.41, 5.74) is 14.3. The van der Waals surface area contributed by atoms with Gasteiger partial charge in [0.05, 0.1) is 11.4 Å². The lowest BCUT2D eigenvalue weighted by Gasteiger charge is -2.20. The van der Waals surface area contributed by atoms with Crippen LogP contribution in [0, 0.1) is 5.92 Å². The van der Waals surface area contributed by atoms with Crippen molar-refractivity contribution in [3.8, 4) is 5.75 Å². The van der Waals surface area contributed by atoms with Crippen molar-refractivity contribution in [3.05, 3.63) is 28.6 Å². The van der Waals surface area contributed by atoms with E-state index in [1.807, 2.05) is 0 Å². The molecule has 1 fully saturated rings. The van der Waals surface area contributed by atoms with Crippen LogP contribution in [0.1, 0.15) is 6.42 Å². The van der Waals surface area contributed by atoms with Gasteiger partial charge in [-0.15, -0.1) is 13.2 Å². The lowest BCUT2D eigenvalue weighted by atomic mass is 10.1. The van der Waals surface area contributed by atoms with Crippen LogP contribution in [0.5, 0.6) is 5.75 Å². The molecule has 0 radical (unpaired) electrons. The first-order valence-electron chi connectivity index (χ1n) is 6.26. The fraction of sp³-hybridized carbons (Fsp3) is 0.417. The van der Waals surface area contributed by atoms with Gasteiger partial charge in [0.25, 0.3) is 0 Å². The van der Waals surface area contributed by atoms with Crippen LogP contribution in [0.25, 0.3) is 10.4 Å². The molecule has 1 saturated heterocycles. The van der Waals surface area contributed by atoms with E-state index in [0.717, 1.165) is 12.1 Å². The van der Waals surface area contributed by atoms with E-state index in [-0.39, 0.29) is 42.7 Å².